The molecule has 0 unspecified atom stereocenters. The Hall–Kier alpha value is -2.69. The van der Waals surface area contributed by atoms with Crippen LogP contribution in [0.3, 0.4) is 0 Å². The highest BCUT2D eigenvalue weighted by molar-refractivity contribution is 6.03. The lowest BCUT2D eigenvalue weighted by Gasteiger charge is -2.18. The lowest BCUT2D eigenvalue weighted by molar-refractivity contribution is -0.117. The first-order valence-corrected chi connectivity index (χ1v) is 8.40. The molecule has 0 saturated carbocycles. The van der Waals surface area contributed by atoms with Gasteiger partial charge in [0.15, 0.2) is 0 Å². The van der Waals surface area contributed by atoms with Crippen molar-refractivity contribution in [3.05, 3.63) is 65.0 Å². The van der Waals surface area contributed by atoms with E-state index in [1.54, 1.807) is 29.2 Å². The molecule has 1 N–H and O–H groups in total. The second-order valence-corrected chi connectivity index (χ2v) is 6.73. The third-order valence-corrected chi connectivity index (χ3v) is 4.20. The number of hydrogen-bond acceptors (Lipinski definition) is 2. The minimum absolute atomic E-state index is 0.0148. The quantitative estimate of drug-likeness (QED) is 0.908. The van der Waals surface area contributed by atoms with Crippen LogP contribution in [-0.2, 0) is 17.8 Å². The Morgan fingerprint density at radius 3 is 2.60 bits per heavy atom. The monoisotopic (exact) mass is 340 g/mol. The van der Waals surface area contributed by atoms with Gasteiger partial charge in [-0.25, -0.2) is 4.39 Å². The predicted molar refractivity (Wildman–Crippen MR) is 94.9 cm³/mol. The maximum absolute atomic E-state index is 13.0. The van der Waals surface area contributed by atoms with E-state index in [-0.39, 0.29) is 24.1 Å². The molecule has 1 aliphatic rings. The van der Waals surface area contributed by atoms with Crippen molar-refractivity contribution in [2.45, 2.75) is 26.8 Å². The average Bonchev–Trinajstić information content (AvgIpc) is 2.89. The van der Waals surface area contributed by atoms with E-state index in [9.17, 15) is 14.0 Å². The zero-order valence-corrected chi connectivity index (χ0v) is 14.4. The van der Waals surface area contributed by atoms with Gasteiger partial charge in [0, 0.05) is 17.8 Å². The van der Waals surface area contributed by atoms with E-state index in [4.69, 9.17) is 0 Å². The normalized spacial score (nSPS) is 13.3. The van der Waals surface area contributed by atoms with E-state index in [0.29, 0.717) is 24.6 Å². The zero-order chi connectivity index (χ0) is 18.0. The van der Waals surface area contributed by atoms with Gasteiger partial charge in [0.05, 0.1) is 13.0 Å². The molecule has 2 aromatic rings. The van der Waals surface area contributed by atoms with Crippen LogP contribution in [0.15, 0.2) is 42.5 Å². The molecule has 0 bridgehead atoms. The number of anilines is 1. The van der Waals surface area contributed by atoms with Gasteiger partial charge in [-0.1, -0.05) is 26.0 Å². The summed E-state index contributed by atoms with van der Waals surface area (Å²) in [5.74, 6) is -0.0555. The van der Waals surface area contributed by atoms with Gasteiger partial charge in [-0.3, -0.25) is 9.59 Å². The Morgan fingerprint density at radius 2 is 1.92 bits per heavy atom. The van der Waals surface area contributed by atoms with Crippen LogP contribution < -0.4 is 10.2 Å². The predicted octanol–water partition coefficient (Wildman–Crippen LogP) is 3.30. The third kappa shape index (κ3) is 3.87. The number of rotatable bonds is 5. The first-order valence-electron chi connectivity index (χ1n) is 8.40. The summed E-state index contributed by atoms with van der Waals surface area (Å²) in [6.07, 6.45) is 0.280. The summed E-state index contributed by atoms with van der Waals surface area (Å²) in [7, 11) is 0. The van der Waals surface area contributed by atoms with E-state index in [0.717, 1.165) is 16.8 Å². The van der Waals surface area contributed by atoms with Crippen LogP contribution in [0.5, 0.6) is 0 Å². The van der Waals surface area contributed by atoms with Crippen molar-refractivity contribution >= 4 is 17.5 Å². The Morgan fingerprint density at radius 1 is 1.20 bits per heavy atom. The highest BCUT2D eigenvalue weighted by Gasteiger charge is 2.28. The summed E-state index contributed by atoms with van der Waals surface area (Å²) in [5.41, 5.74) is 3.09. The second-order valence-electron chi connectivity index (χ2n) is 6.73. The fraction of sp³-hybridized carbons (Fsp3) is 0.300. The minimum atomic E-state index is -0.297. The van der Waals surface area contributed by atoms with Gasteiger partial charge in [-0.05, 0) is 47.4 Å². The van der Waals surface area contributed by atoms with E-state index in [1.807, 2.05) is 19.9 Å². The molecule has 3 rings (SSSR count). The van der Waals surface area contributed by atoms with Gasteiger partial charge in [0.25, 0.3) is 5.91 Å². The number of carbonyl (C=O) groups excluding carboxylic acids is 2. The standard InChI is InChI=1S/C20H21FN2O2/c1-13(2)11-22-20(25)15-5-8-18-16(9-15)10-19(24)23(18)12-14-3-6-17(21)7-4-14/h3-9,13H,10-12H2,1-2H3,(H,22,25). The lowest BCUT2D eigenvalue weighted by Crippen LogP contribution is -2.27. The van der Waals surface area contributed by atoms with E-state index in [1.165, 1.54) is 12.1 Å². The molecule has 130 valence electrons. The first-order chi connectivity index (χ1) is 11.9. The zero-order valence-electron chi connectivity index (χ0n) is 14.4. The fourth-order valence-electron chi connectivity index (χ4n) is 2.87. The molecule has 0 spiro atoms. The van der Waals surface area contributed by atoms with Gasteiger partial charge in [-0.2, -0.15) is 0 Å². The molecule has 0 aliphatic carbocycles. The summed E-state index contributed by atoms with van der Waals surface area (Å²) < 4.78 is 13.0. The van der Waals surface area contributed by atoms with Crippen LogP contribution in [0, 0.1) is 11.7 Å². The molecule has 0 radical (unpaired) electrons. The molecular weight excluding hydrogens is 319 g/mol. The second kappa shape index (κ2) is 7.05. The summed E-state index contributed by atoms with van der Waals surface area (Å²) in [6.45, 7) is 5.08. The van der Waals surface area contributed by atoms with Crippen LogP contribution in [-0.4, -0.2) is 18.4 Å². The van der Waals surface area contributed by atoms with Crippen molar-refractivity contribution in [3.63, 3.8) is 0 Å². The molecule has 2 aromatic carbocycles. The highest BCUT2D eigenvalue weighted by atomic mass is 19.1. The summed E-state index contributed by atoms with van der Waals surface area (Å²) in [4.78, 5) is 26.2. The number of halogens is 1. The van der Waals surface area contributed by atoms with E-state index < -0.39 is 0 Å². The minimum Gasteiger partial charge on any atom is -0.352 e. The molecule has 4 nitrogen and oxygen atoms in total. The molecule has 5 heteroatoms. The summed E-state index contributed by atoms with van der Waals surface area (Å²) in [5, 5.41) is 2.88. The summed E-state index contributed by atoms with van der Waals surface area (Å²) >= 11 is 0. The maximum atomic E-state index is 13.0. The summed E-state index contributed by atoms with van der Waals surface area (Å²) in [6, 6.07) is 11.5. The van der Waals surface area contributed by atoms with Gasteiger partial charge >= 0.3 is 0 Å². The molecule has 1 aliphatic heterocycles. The Kier molecular flexibility index (Phi) is 4.83. The molecule has 0 saturated heterocycles. The maximum Gasteiger partial charge on any atom is 0.251 e. The van der Waals surface area contributed by atoms with E-state index >= 15 is 0 Å². The topological polar surface area (TPSA) is 49.4 Å². The number of nitrogens with one attached hydrogen (secondary N) is 1. The Labute approximate surface area is 146 Å². The molecule has 0 aromatic heterocycles. The number of benzene rings is 2. The van der Waals surface area contributed by atoms with Crippen molar-refractivity contribution in [1.29, 1.82) is 0 Å². The van der Waals surface area contributed by atoms with Crippen LogP contribution in [0.2, 0.25) is 0 Å². The lowest BCUT2D eigenvalue weighted by atomic mass is 10.1. The van der Waals surface area contributed by atoms with Crippen molar-refractivity contribution in [2.75, 3.05) is 11.4 Å². The Balaban J connectivity index is 1.77. The highest BCUT2D eigenvalue weighted by Crippen LogP contribution is 2.31. The number of nitrogens with zero attached hydrogens (tertiary/aromatic N) is 1. The third-order valence-electron chi connectivity index (χ3n) is 4.20. The molecule has 0 atom stereocenters. The van der Waals surface area contributed by atoms with Crippen molar-refractivity contribution in [2.24, 2.45) is 5.92 Å². The van der Waals surface area contributed by atoms with Crippen LogP contribution >= 0.6 is 0 Å². The molecule has 25 heavy (non-hydrogen) atoms. The first kappa shape index (κ1) is 17.1. The SMILES string of the molecule is CC(C)CNC(=O)c1ccc2c(c1)CC(=O)N2Cc1ccc(F)cc1. The number of amides is 2. The van der Waals surface area contributed by atoms with Gasteiger partial charge in [0.1, 0.15) is 5.82 Å². The molecular formula is C20H21FN2O2. The molecule has 0 fully saturated rings. The van der Waals surface area contributed by atoms with Gasteiger partial charge in [-0.15, -0.1) is 0 Å². The van der Waals surface area contributed by atoms with Crippen LogP contribution in [0.1, 0.15) is 35.3 Å². The van der Waals surface area contributed by atoms with Crippen molar-refractivity contribution < 1.29 is 14.0 Å². The van der Waals surface area contributed by atoms with Crippen LogP contribution in [0.25, 0.3) is 0 Å². The van der Waals surface area contributed by atoms with Crippen molar-refractivity contribution in [1.82, 2.24) is 5.32 Å². The van der Waals surface area contributed by atoms with Crippen LogP contribution in [0.4, 0.5) is 10.1 Å². The number of carbonyl (C=O) groups is 2. The number of hydrogen-bond donors (Lipinski definition) is 1. The van der Waals surface area contributed by atoms with Gasteiger partial charge < -0.3 is 10.2 Å². The fourth-order valence-corrected chi connectivity index (χ4v) is 2.87. The van der Waals surface area contributed by atoms with E-state index in [2.05, 4.69) is 5.32 Å². The molecule has 1 heterocycles. The van der Waals surface area contributed by atoms with Gasteiger partial charge in [0.2, 0.25) is 5.91 Å². The molecule has 2 amide bonds. The Bertz CT molecular complexity index is 800. The number of fused-ring (bicyclic) bond motifs is 1. The average molecular weight is 340 g/mol. The largest absolute Gasteiger partial charge is 0.352 e. The smallest absolute Gasteiger partial charge is 0.251 e. The van der Waals surface area contributed by atoms with Crippen molar-refractivity contribution in [3.8, 4) is 0 Å².